The molecule has 0 heterocycles. The molecule has 1 aliphatic rings. The molecule has 76 valence electrons. The molecular weight excluding hydrogens is 187 g/mol. The van der Waals surface area contributed by atoms with E-state index >= 15 is 0 Å². The van der Waals surface area contributed by atoms with E-state index in [2.05, 4.69) is 6.58 Å². The molecule has 0 spiro atoms. The third kappa shape index (κ3) is 3.69. The quantitative estimate of drug-likeness (QED) is 0.503. The molecule has 13 heavy (non-hydrogen) atoms. The highest BCUT2D eigenvalue weighted by molar-refractivity contribution is 7.95. The van der Waals surface area contributed by atoms with Crippen molar-refractivity contribution in [3.8, 4) is 0 Å². The van der Waals surface area contributed by atoms with Crippen molar-refractivity contribution in [3.05, 3.63) is 12.2 Å². The molecular formula is C10H17FOS. The highest BCUT2D eigenvalue weighted by atomic mass is 32.2. The zero-order chi connectivity index (χ0) is 10.1. The van der Waals surface area contributed by atoms with E-state index in [9.17, 15) is 4.39 Å². The van der Waals surface area contributed by atoms with Crippen LogP contribution in [0.4, 0.5) is 4.39 Å². The molecule has 0 aromatic rings. The molecule has 0 bridgehead atoms. The third-order valence-corrected chi connectivity index (χ3v) is 3.18. The number of hydrogen-bond donors (Lipinski definition) is 0. The molecule has 0 aromatic carbocycles. The highest BCUT2D eigenvalue weighted by Crippen LogP contribution is 2.37. The second kappa shape index (κ2) is 4.01. The van der Waals surface area contributed by atoms with Crippen LogP contribution in [0.1, 0.15) is 33.6 Å². The Morgan fingerprint density at radius 1 is 1.54 bits per heavy atom. The lowest BCUT2D eigenvalue weighted by atomic mass is 10.2. The maximum atomic E-state index is 12.9. The van der Waals surface area contributed by atoms with Gasteiger partial charge in [-0.15, -0.1) is 0 Å². The average Bonchev–Trinajstić information content (AvgIpc) is 2.24. The third-order valence-electron chi connectivity index (χ3n) is 1.82. The van der Waals surface area contributed by atoms with Gasteiger partial charge < -0.3 is 4.18 Å². The summed E-state index contributed by atoms with van der Waals surface area (Å²) in [7, 11) is 0. The molecule has 1 rings (SSSR count). The summed E-state index contributed by atoms with van der Waals surface area (Å²) in [5.41, 5.74) is 0.807. The summed E-state index contributed by atoms with van der Waals surface area (Å²) in [5.74, 6) is 0. The van der Waals surface area contributed by atoms with Crippen molar-refractivity contribution in [2.75, 3.05) is 0 Å². The minimum absolute atomic E-state index is 0.147. The van der Waals surface area contributed by atoms with Crippen molar-refractivity contribution in [1.82, 2.24) is 0 Å². The Labute approximate surface area is 83.9 Å². The summed E-state index contributed by atoms with van der Waals surface area (Å²) < 4.78 is 18.4. The van der Waals surface area contributed by atoms with Gasteiger partial charge in [-0.3, -0.25) is 0 Å². The first kappa shape index (κ1) is 11.1. The van der Waals surface area contributed by atoms with Crippen LogP contribution in [0, 0.1) is 0 Å². The van der Waals surface area contributed by atoms with Gasteiger partial charge in [-0.2, -0.15) is 0 Å². The van der Waals surface area contributed by atoms with Crippen molar-refractivity contribution >= 4 is 12.0 Å². The Morgan fingerprint density at radius 2 is 2.15 bits per heavy atom. The Balaban J connectivity index is 2.34. The van der Waals surface area contributed by atoms with E-state index in [1.165, 1.54) is 12.0 Å². The van der Waals surface area contributed by atoms with E-state index in [1.54, 1.807) is 0 Å². The zero-order valence-corrected chi connectivity index (χ0v) is 9.29. The predicted octanol–water partition coefficient (Wildman–Crippen LogP) is 3.51. The smallest absolute Gasteiger partial charge is 0.105 e. The second-order valence-corrected chi connectivity index (χ2v) is 5.40. The fourth-order valence-electron chi connectivity index (χ4n) is 1.21. The summed E-state index contributed by atoms with van der Waals surface area (Å²) in [4.78, 5) is 0. The Bertz CT molecular complexity index is 198. The van der Waals surface area contributed by atoms with E-state index < -0.39 is 6.17 Å². The minimum atomic E-state index is -0.714. The SMILES string of the molecule is C=C1C[C@@H](F)CC1SOC(C)(C)C. The van der Waals surface area contributed by atoms with E-state index in [1.807, 2.05) is 20.8 Å². The predicted molar refractivity (Wildman–Crippen MR) is 55.5 cm³/mol. The van der Waals surface area contributed by atoms with Crippen LogP contribution in [0.3, 0.4) is 0 Å². The molecule has 2 atom stereocenters. The standard InChI is InChI=1S/C10H17FOS/c1-7-5-8(11)6-9(7)13-12-10(2,3)4/h8-9H,1,5-6H2,2-4H3/t8-,9?/m1/s1. The molecule has 1 unspecified atom stereocenters. The van der Waals surface area contributed by atoms with E-state index in [-0.39, 0.29) is 10.9 Å². The number of hydrogen-bond acceptors (Lipinski definition) is 2. The summed E-state index contributed by atoms with van der Waals surface area (Å²) in [6.07, 6.45) is 0.346. The van der Waals surface area contributed by atoms with Crippen LogP contribution in [0.15, 0.2) is 12.2 Å². The summed E-state index contributed by atoms with van der Waals surface area (Å²) in [6, 6.07) is 0. The number of rotatable bonds is 2. The molecule has 0 saturated heterocycles. The molecule has 1 aliphatic carbocycles. The maximum absolute atomic E-state index is 12.9. The topological polar surface area (TPSA) is 9.23 Å². The van der Waals surface area contributed by atoms with Crippen LogP contribution in [0.25, 0.3) is 0 Å². The van der Waals surface area contributed by atoms with Crippen LogP contribution in [-0.2, 0) is 4.18 Å². The monoisotopic (exact) mass is 204 g/mol. The largest absolute Gasteiger partial charge is 0.309 e. The fourth-order valence-corrected chi connectivity index (χ4v) is 2.13. The van der Waals surface area contributed by atoms with Crippen molar-refractivity contribution in [3.63, 3.8) is 0 Å². The van der Waals surface area contributed by atoms with E-state index in [0.717, 1.165) is 5.57 Å². The van der Waals surface area contributed by atoms with Crippen LogP contribution in [0.5, 0.6) is 0 Å². The molecule has 0 aromatic heterocycles. The molecule has 3 heteroatoms. The van der Waals surface area contributed by atoms with E-state index in [0.29, 0.717) is 12.8 Å². The number of alkyl halides is 1. The van der Waals surface area contributed by atoms with Gasteiger partial charge in [0.2, 0.25) is 0 Å². The lowest BCUT2D eigenvalue weighted by Crippen LogP contribution is -2.17. The molecule has 0 N–H and O–H groups in total. The van der Waals surface area contributed by atoms with Gasteiger partial charge in [-0.1, -0.05) is 12.2 Å². The van der Waals surface area contributed by atoms with Gasteiger partial charge in [0, 0.05) is 6.42 Å². The fraction of sp³-hybridized carbons (Fsp3) is 0.800. The van der Waals surface area contributed by atoms with Gasteiger partial charge in [0.05, 0.1) is 10.9 Å². The Hall–Kier alpha value is -0.0200. The van der Waals surface area contributed by atoms with Crippen molar-refractivity contribution < 1.29 is 8.57 Å². The van der Waals surface area contributed by atoms with Crippen LogP contribution in [0.2, 0.25) is 0 Å². The van der Waals surface area contributed by atoms with Gasteiger partial charge in [0.15, 0.2) is 0 Å². The molecule has 1 saturated carbocycles. The van der Waals surface area contributed by atoms with Gasteiger partial charge in [0.1, 0.15) is 6.17 Å². The van der Waals surface area contributed by atoms with Gasteiger partial charge in [-0.05, 0) is 39.2 Å². The van der Waals surface area contributed by atoms with Crippen molar-refractivity contribution in [1.29, 1.82) is 0 Å². The Morgan fingerprint density at radius 3 is 2.54 bits per heavy atom. The lowest BCUT2D eigenvalue weighted by molar-refractivity contribution is 0.163. The first-order chi connectivity index (χ1) is 5.88. The maximum Gasteiger partial charge on any atom is 0.105 e. The molecule has 0 aliphatic heterocycles. The van der Waals surface area contributed by atoms with Gasteiger partial charge in [-0.25, -0.2) is 4.39 Å². The normalized spacial score (nSPS) is 29.7. The van der Waals surface area contributed by atoms with Crippen molar-refractivity contribution in [2.45, 2.75) is 50.6 Å². The molecule has 0 amide bonds. The van der Waals surface area contributed by atoms with E-state index in [4.69, 9.17) is 4.18 Å². The van der Waals surface area contributed by atoms with Crippen LogP contribution < -0.4 is 0 Å². The summed E-state index contributed by atoms with van der Waals surface area (Å²) in [6.45, 7) is 9.82. The van der Waals surface area contributed by atoms with Crippen molar-refractivity contribution in [2.24, 2.45) is 0 Å². The van der Waals surface area contributed by atoms with Crippen LogP contribution in [-0.4, -0.2) is 17.0 Å². The Kier molecular flexibility index (Phi) is 3.41. The summed E-state index contributed by atoms with van der Waals surface area (Å²) in [5, 5.41) is 0.147. The average molecular weight is 204 g/mol. The molecule has 0 radical (unpaired) electrons. The second-order valence-electron chi connectivity index (χ2n) is 4.48. The van der Waals surface area contributed by atoms with Gasteiger partial charge in [0.25, 0.3) is 0 Å². The molecule has 1 nitrogen and oxygen atoms in total. The highest BCUT2D eigenvalue weighted by Gasteiger charge is 2.30. The number of halogens is 1. The lowest BCUT2D eigenvalue weighted by Gasteiger charge is -2.20. The summed E-state index contributed by atoms with van der Waals surface area (Å²) >= 11 is 1.36. The van der Waals surface area contributed by atoms with Crippen LogP contribution >= 0.6 is 12.0 Å². The first-order valence-corrected chi connectivity index (χ1v) is 5.35. The first-order valence-electron chi connectivity index (χ1n) is 4.55. The minimum Gasteiger partial charge on any atom is -0.309 e. The molecule has 1 fully saturated rings. The zero-order valence-electron chi connectivity index (χ0n) is 8.47. The van der Waals surface area contributed by atoms with Gasteiger partial charge >= 0.3 is 0 Å².